The number of hydrogen-bond donors (Lipinski definition) is 0. The highest BCUT2D eigenvalue weighted by Crippen LogP contribution is 2.02. The average molecular weight is 271 g/mol. The van der Waals surface area contributed by atoms with Crippen LogP contribution in [0.3, 0.4) is 0 Å². The van der Waals surface area contributed by atoms with Gasteiger partial charge in [-0.05, 0) is 0 Å². The molecule has 0 spiro atoms. The first-order valence-corrected chi connectivity index (χ1v) is 9.80. The molecule has 0 aromatic carbocycles. The fourth-order valence-corrected chi connectivity index (χ4v) is 2.16. The third-order valence-corrected chi connectivity index (χ3v) is 3.34. The van der Waals surface area contributed by atoms with Crippen LogP contribution in [-0.2, 0) is 19.1 Å². The fraction of sp³-hybridized carbons (Fsp3) is 0.667. The lowest BCUT2D eigenvalue weighted by Gasteiger charge is -2.16. The minimum absolute atomic E-state index is 0.265. The van der Waals surface area contributed by atoms with Crippen LogP contribution in [0.25, 0.3) is 0 Å². The fourth-order valence-electron chi connectivity index (χ4n) is 1.41. The van der Waals surface area contributed by atoms with Gasteiger partial charge < -0.3 is 9.47 Å². The van der Waals surface area contributed by atoms with Crippen LogP contribution >= 0.6 is 0 Å². The molecule has 1 aliphatic heterocycles. The number of rotatable bonds is 8. The van der Waals surface area contributed by atoms with Gasteiger partial charge in [0.25, 0.3) is 11.8 Å². The van der Waals surface area contributed by atoms with E-state index in [0.29, 0.717) is 26.4 Å². The molecule has 0 fully saturated rings. The summed E-state index contributed by atoms with van der Waals surface area (Å²) in [5.41, 5.74) is 0. The summed E-state index contributed by atoms with van der Waals surface area (Å²) >= 11 is 0. The molecule has 5 nitrogen and oxygen atoms in total. The molecule has 18 heavy (non-hydrogen) atoms. The zero-order valence-electron chi connectivity index (χ0n) is 11.3. The molecule has 0 aromatic heterocycles. The molecule has 1 heterocycles. The van der Waals surface area contributed by atoms with Gasteiger partial charge in [0.05, 0.1) is 34.4 Å². The third-order valence-electron chi connectivity index (χ3n) is 2.27. The average Bonchev–Trinajstić information content (AvgIpc) is 2.57. The van der Waals surface area contributed by atoms with Crippen LogP contribution in [0.1, 0.15) is 0 Å². The summed E-state index contributed by atoms with van der Waals surface area (Å²) in [5, 5.41) is 0. The van der Waals surface area contributed by atoms with Crippen molar-refractivity contribution in [2.24, 2.45) is 0 Å². The van der Waals surface area contributed by atoms with E-state index in [9.17, 15) is 9.59 Å². The molecular weight excluding hydrogens is 250 g/mol. The largest absolute Gasteiger partial charge is 0.382 e. The number of amides is 2. The van der Waals surface area contributed by atoms with Crippen molar-refractivity contribution in [2.45, 2.75) is 19.6 Å². The van der Waals surface area contributed by atoms with E-state index in [1.807, 2.05) is 0 Å². The van der Waals surface area contributed by atoms with Crippen molar-refractivity contribution < 1.29 is 19.1 Å². The van der Waals surface area contributed by atoms with Crippen LogP contribution in [0.2, 0.25) is 19.6 Å². The summed E-state index contributed by atoms with van der Waals surface area (Å²) in [6.07, 6.45) is 3.38. The molecule has 2 amide bonds. The van der Waals surface area contributed by atoms with Crippen molar-refractivity contribution in [1.82, 2.24) is 4.90 Å². The van der Waals surface area contributed by atoms with Crippen LogP contribution in [0.4, 0.5) is 0 Å². The predicted octanol–water partition coefficient (Wildman–Crippen LogP) is 0.822. The summed E-state index contributed by atoms with van der Waals surface area (Å²) in [7, 11) is -1.15. The van der Waals surface area contributed by atoms with E-state index >= 15 is 0 Å². The monoisotopic (exact) mass is 271 g/mol. The maximum Gasteiger partial charge on any atom is 0.253 e. The quantitative estimate of drug-likeness (QED) is 0.373. The second kappa shape index (κ2) is 6.82. The van der Waals surface area contributed by atoms with Crippen LogP contribution in [0.5, 0.6) is 0 Å². The van der Waals surface area contributed by atoms with Gasteiger partial charge in [0.2, 0.25) is 0 Å². The second-order valence-corrected chi connectivity index (χ2v) is 10.8. The lowest BCUT2D eigenvalue weighted by molar-refractivity contribution is -0.137. The molecule has 0 aliphatic carbocycles. The standard InChI is InChI=1S/C12H21NO4Si/c1-18(2,3)10-17-9-8-16-7-6-13-11(14)4-5-12(13)15/h4-5H,6-10H2,1-3H3. The number of ether oxygens (including phenoxy) is 2. The molecular formula is C12H21NO4Si. The molecule has 0 aromatic rings. The van der Waals surface area contributed by atoms with E-state index < -0.39 is 8.07 Å². The zero-order chi connectivity index (χ0) is 13.6. The first kappa shape index (κ1) is 15.1. The van der Waals surface area contributed by atoms with Gasteiger partial charge in [-0.3, -0.25) is 14.5 Å². The van der Waals surface area contributed by atoms with Crippen LogP contribution in [0.15, 0.2) is 12.2 Å². The highest BCUT2D eigenvalue weighted by Gasteiger charge is 2.22. The van der Waals surface area contributed by atoms with E-state index in [4.69, 9.17) is 9.47 Å². The summed E-state index contributed by atoms with van der Waals surface area (Å²) in [4.78, 5) is 23.6. The van der Waals surface area contributed by atoms with Gasteiger partial charge in [-0.25, -0.2) is 0 Å². The molecule has 0 N–H and O–H groups in total. The second-order valence-electron chi connectivity index (χ2n) is 5.39. The lowest BCUT2D eigenvalue weighted by Crippen LogP contribution is -2.33. The number of hydrogen-bond acceptors (Lipinski definition) is 4. The van der Waals surface area contributed by atoms with Crippen LogP contribution < -0.4 is 0 Å². The van der Waals surface area contributed by atoms with Crippen molar-refractivity contribution in [3.63, 3.8) is 0 Å². The first-order valence-electron chi connectivity index (χ1n) is 6.09. The molecule has 0 saturated heterocycles. The van der Waals surface area contributed by atoms with Crippen molar-refractivity contribution >= 4 is 19.9 Å². The Kier molecular flexibility index (Phi) is 5.71. The van der Waals surface area contributed by atoms with E-state index in [0.717, 1.165) is 6.23 Å². The molecule has 0 unspecified atom stereocenters. The molecule has 0 saturated carbocycles. The molecule has 0 bridgehead atoms. The molecule has 102 valence electrons. The topological polar surface area (TPSA) is 55.8 Å². The Bertz CT molecular complexity index is 317. The van der Waals surface area contributed by atoms with Gasteiger partial charge >= 0.3 is 0 Å². The third kappa shape index (κ3) is 5.57. The normalized spacial score (nSPS) is 15.8. The van der Waals surface area contributed by atoms with Gasteiger partial charge in [0.15, 0.2) is 0 Å². The lowest BCUT2D eigenvalue weighted by atomic mass is 10.5. The first-order chi connectivity index (χ1) is 8.40. The van der Waals surface area contributed by atoms with Gasteiger partial charge in [0, 0.05) is 18.4 Å². The maximum absolute atomic E-state index is 11.2. The SMILES string of the molecule is C[Si](C)(C)COCCOCCN1C(=O)C=CC1=O. The number of carbonyl (C=O) groups excluding carboxylic acids is 2. The Morgan fingerprint density at radius 1 is 1.00 bits per heavy atom. The number of carbonyl (C=O) groups is 2. The van der Waals surface area contributed by atoms with E-state index in [1.54, 1.807) is 0 Å². The Labute approximate surface area is 109 Å². The van der Waals surface area contributed by atoms with E-state index in [1.165, 1.54) is 17.1 Å². The van der Waals surface area contributed by atoms with Gasteiger partial charge in [-0.1, -0.05) is 19.6 Å². The molecule has 1 rings (SSSR count). The number of nitrogens with zero attached hydrogens (tertiary/aromatic N) is 1. The van der Waals surface area contributed by atoms with Crippen LogP contribution in [0, 0.1) is 0 Å². The minimum Gasteiger partial charge on any atom is -0.382 e. The maximum atomic E-state index is 11.2. The molecule has 0 radical (unpaired) electrons. The van der Waals surface area contributed by atoms with Crippen molar-refractivity contribution in [1.29, 1.82) is 0 Å². The highest BCUT2D eigenvalue weighted by molar-refractivity contribution is 6.76. The van der Waals surface area contributed by atoms with Crippen molar-refractivity contribution in [2.75, 3.05) is 32.6 Å². The van der Waals surface area contributed by atoms with E-state index in [-0.39, 0.29) is 11.8 Å². The van der Waals surface area contributed by atoms with Gasteiger partial charge in [-0.15, -0.1) is 0 Å². The summed E-state index contributed by atoms with van der Waals surface area (Å²) in [5.74, 6) is -0.530. The van der Waals surface area contributed by atoms with Gasteiger partial charge in [-0.2, -0.15) is 0 Å². The smallest absolute Gasteiger partial charge is 0.253 e. The Morgan fingerprint density at radius 2 is 1.56 bits per heavy atom. The number of imide groups is 1. The van der Waals surface area contributed by atoms with Gasteiger partial charge in [0.1, 0.15) is 0 Å². The predicted molar refractivity (Wildman–Crippen MR) is 70.8 cm³/mol. The Morgan fingerprint density at radius 3 is 2.11 bits per heavy atom. The summed E-state index contributed by atoms with van der Waals surface area (Å²) in [6.45, 7) is 8.44. The Hall–Kier alpha value is -0.983. The summed E-state index contributed by atoms with van der Waals surface area (Å²) < 4.78 is 10.8. The summed E-state index contributed by atoms with van der Waals surface area (Å²) in [6, 6.07) is 0. The zero-order valence-corrected chi connectivity index (χ0v) is 12.3. The highest BCUT2D eigenvalue weighted by atomic mass is 28.3. The molecule has 1 aliphatic rings. The van der Waals surface area contributed by atoms with Crippen molar-refractivity contribution in [3.05, 3.63) is 12.2 Å². The van der Waals surface area contributed by atoms with Crippen LogP contribution in [-0.4, -0.2) is 57.4 Å². The molecule has 0 atom stereocenters. The van der Waals surface area contributed by atoms with Crippen molar-refractivity contribution in [3.8, 4) is 0 Å². The molecule has 6 heteroatoms. The Balaban J connectivity index is 1.99. The minimum atomic E-state index is -1.15. The van der Waals surface area contributed by atoms with E-state index in [2.05, 4.69) is 19.6 Å².